The maximum atomic E-state index is 6.11. The fourth-order valence-corrected chi connectivity index (χ4v) is 2.79. The number of pyridine rings is 1. The number of nitrogens with zero attached hydrogens (tertiary/aromatic N) is 1. The Morgan fingerprint density at radius 2 is 2.31 bits per heavy atom. The van der Waals surface area contributed by atoms with Gasteiger partial charge in [-0.1, -0.05) is 11.6 Å². The van der Waals surface area contributed by atoms with Gasteiger partial charge in [-0.2, -0.15) is 0 Å². The highest BCUT2D eigenvalue weighted by Crippen LogP contribution is 2.30. The molecular formula is C11H12ClN3S. The second-order valence-corrected chi connectivity index (χ2v) is 4.79. The van der Waals surface area contributed by atoms with Crippen molar-refractivity contribution >= 4 is 22.9 Å². The topological polar surface area (TPSA) is 50.9 Å². The molecule has 0 saturated carbocycles. The van der Waals surface area contributed by atoms with Gasteiger partial charge in [-0.3, -0.25) is 10.8 Å². The van der Waals surface area contributed by atoms with Crippen molar-refractivity contribution in [2.24, 2.45) is 5.84 Å². The first-order chi connectivity index (χ1) is 7.74. The summed E-state index contributed by atoms with van der Waals surface area (Å²) in [6.45, 7) is 2.05. The van der Waals surface area contributed by atoms with Crippen LogP contribution in [0.15, 0.2) is 29.8 Å². The predicted molar refractivity (Wildman–Crippen MR) is 67.5 cm³/mol. The average molecular weight is 254 g/mol. The maximum absolute atomic E-state index is 6.11. The van der Waals surface area contributed by atoms with E-state index in [0.29, 0.717) is 5.02 Å². The van der Waals surface area contributed by atoms with Gasteiger partial charge in [-0.05, 0) is 36.1 Å². The first-order valence-corrected chi connectivity index (χ1v) is 6.10. The molecule has 2 heterocycles. The number of hydrazine groups is 1. The standard InChI is InChI=1S/C11H12ClN3S/c1-7-4-6-16-11(7)10(15-13)9-8(12)3-2-5-14-9/h2-6,10,15H,13H2,1H3. The van der Waals surface area contributed by atoms with Crippen molar-refractivity contribution in [2.75, 3.05) is 0 Å². The number of aromatic nitrogens is 1. The summed E-state index contributed by atoms with van der Waals surface area (Å²) in [4.78, 5) is 5.42. The monoisotopic (exact) mass is 253 g/mol. The summed E-state index contributed by atoms with van der Waals surface area (Å²) in [5.74, 6) is 5.59. The third-order valence-electron chi connectivity index (χ3n) is 2.39. The first-order valence-electron chi connectivity index (χ1n) is 4.84. The van der Waals surface area contributed by atoms with Crippen LogP contribution in [-0.4, -0.2) is 4.98 Å². The first kappa shape index (κ1) is 11.5. The van der Waals surface area contributed by atoms with E-state index in [1.807, 2.05) is 18.4 Å². The summed E-state index contributed by atoms with van der Waals surface area (Å²) in [6, 6.07) is 5.53. The minimum absolute atomic E-state index is 0.145. The largest absolute Gasteiger partial charge is 0.270 e. The normalized spacial score (nSPS) is 12.7. The molecule has 5 heteroatoms. The van der Waals surface area contributed by atoms with E-state index in [1.54, 1.807) is 23.6 Å². The average Bonchev–Trinajstić information content (AvgIpc) is 2.69. The van der Waals surface area contributed by atoms with E-state index >= 15 is 0 Å². The van der Waals surface area contributed by atoms with Crippen molar-refractivity contribution in [1.82, 2.24) is 10.4 Å². The van der Waals surface area contributed by atoms with Crippen molar-refractivity contribution in [3.8, 4) is 0 Å². The number of hydrogen-bond donors (Lipinski definition) is 2. The van der Waals surface area contributed by atoms with E-state index in [9.17, 15) is 0 Å². The van der Waals surface area contributed by atoms with Gasteiger partial charge in [0.05, 0.1) is 16.8 Å². The molecule has 1 atom stereocenters. The molecule has 0 amide bonds. The van der Waals surface area contributed by atoms with Gasteiger partial charge in [-0.15, -0.1) is 11.3 Å². The number of rotatable bonds is 3. The van der Waals surface area contributed by atoms with Gasteiger partial charge in [0, 0.05) is 11.1 Å². The third-order valence-corrected chi connectivity index (χ3v) is 3.79. The van der Waals surface area contributed by atoms with Crippen molar-refractivity contribution in [1.29, 1.82) is 0 Å². The lowest BCUT2D eigenvalue weighted by Crippen LogP contribution is -2.29. The van der Waals surface area contributed by atoms with Crippen LogP contribution in [0.2, 0.25) is 5.02 Å². The van der Waals surface area contributed by atoms with E-state index < -0.39 is 0 Å². The highest BCUT2D eigenvalue weighted by Gasteiger charge is 2.19. The minimum Gasteiger partial charge on any atom is -0.270 e. The molecule has 2 aromatic rings. The molecule has 2 rings (SSSR count). The summed E-state index contributed by atoms with van der Waals surface area (Å²) < 4.78 is 0. The lowest BCUT2D eigenvalue weighted by molar-refractivity contribution is 0.628. The molecule has 0 spiro atoms. The Morgan fingerprint density at radius 1 is 1.50 bits per heavy atom. The van der Waals surface area contributed by atoms with Gasteiger partial charge in [0.1, 0.15) is 0 Å². The lowest BCUT2D eigenvalue weighted by Gasteiger charge is -2.16. The molecule has 0 bridgehead atoms. The van der Waals surface area contributed by atoms with Crippen LogP contribution in [-0.2, 0) is 0 Å². The van der Waals surface area contributed by atoms with Crippen LogP contribution < -0.4 is 11.3 Å². The number of halogens is 1. The number of nitrogens with one attached hydrogen (secondary N) is 1. The minimum atomic E-state index is -0.145. The highest BCUT2D eigenvalue weighted by molar-refractivity contribution is 7.10. The molecule has 3 N–H and O–H groups in total. The Morgan fingerprint density at radius 3 is 2.88 bits per heavy atom. The van der Waals surface area contributed by atoms with Crippen molar-refractivity contribution in [3.63, 3.8) is 0 Å². The van der Waals surface area contributed by atoms with Crippen LogP contribution in [0.3, 0.4) is 0 Å². The molecule has 0 aliphatic heterocycles. The number of hydrogen-bond acceptors (Lipinski definition) is 4. The van der Waals surface area contributed by atoms with Crippen molar-refractivity contribution < 1.29 is 0 Å². The predicted octanol–water partition coefficient (Wildman–Crippen LogP) is 2.66. The molecule has 3 nitrogen and oxygen atoms in total. The molecule has 0 aromatic carbocycles. The van der Waals surface area contributed by atoms with Crippen LogP contribution in [0.5, 0.6) is 0 Å². The van der Waals surface area contributed by atoms with Gasteiger partial charge >= 0.3 is 0 Å². The van der Waals surface area contributed by atoms with E-state index in [0.717, 1.165) is 10.6 Å². The van der Waals surface area contributed by atoms with Crippen molar-refractivity contribution in [3.05, 3.63) is 50.9 Å². The SMILES string of the molecule is Cc1ccsc1C(NN)c1ncccc1Cl. The number of aryl methyl sites for hydroxylation is 1. The van der Waals surface area contributed by atoms with E-state index in [1.165, 1.54) is 5.56 Å². The second kappa shape index (κ2) is 4.93. The van der Waals surface area contributed by atoms with Gasteiger partial charge in [0.15, 0.2) is 0 Å². The molecule has 0 saturated heterocycles. The Kier molecular flexibility index (Phi) is 3.56. The Bertz CT molecular complexity index is 484. The molecule has 0 aliphatic carbocycles. The van der Waals surface area contributed by atoms with Crippen LogP contribution in [0.25, 0.3) is 0 Å². The van der Waals surface area contributed by atoms with Gasteiger partial charge in [-0.25, -0.2) is 5.43 Å². The van der Waals surface area contributed by atoms with Gasteiger partial charge < -0.3 is 0 Å². The zero-order chi connectivity index (χ0) is 11.5. The molecule has 0 radical (unpaired) electrons. The molecular weight excluding hydrogens is 242 g/mol. The fourth-order valence-electron chi connectivity index (χ4n) is 1.57. The lowest BCUT2D eigenvalue weighted by atomic mass is 10.1. The summed E-state index contributed by atoms with van der Waals surface area (Å²) >= 11 is 7.76. The molecule has 84 valence electrons. The summed E-state index contributed by atoms with van der Waals surface area (Å²) in [7, 11) is 0. The maximum Gasteiger partial charge on any atom is 0.0990 e. The van der Waals surface area contributed by atoms with Crippen LogP contribution in [0.4, 0.5) is 0 Å². The number of thiophene rings is 1. The van der Waals surface area contributed by atoms with Crippen LogP contribution in [0.1, 0.15) is 22.2 Å². The van der Waals surface area contributed by atoms with Crippen LogP contribution in [0, 0.1) is 6.92 Å². The number of nitrogens with two attached hydrogens (primary N) is 1. The van der Waals surface area contributed by atoms with E-state index in [2.05, 4.69) is 16.5 Å². The molecule has 0 fully saturated rings. The summed E-state index contributed by atoms with van der Waals surface area (Å²) in [5, 5.41) is 2.66. The zero-order valence-electron chi connectivity index (χ0n) is 8.77. The van der Waals surface area contributed by atoms with E-state index in [-0.39, 0.29) is 6.04 Å². The molecule has 16 heavy (non-hydrogen) atoms. The smallest absolute Gasteiger partial charge is 0.0990 e. The molecule has 0 aliphatic rings. The quantitative estimate of drug-likeness (QED) is 0.653. The highest BCUT2D eigenvalue weighted by atomic mass is 35.5. The summed E-state index contributed by atoms with van der Waals surface area (Å²) in [5.41, 5.74) is 4.72. The molecule has 1 unspecified atom stereocenters. The van der Waals surface area contributed by atoms with Gasteiger partial charge in [0.25, 0.3) is 0 Å². The fraction of sp³-hybridized carbons (Fsp3) is 0.182. The Labute approximate surface area is 103 Å². The van der Waals surface area contributed by atoms with Crippen molar-refractivity contribution in [2.45, 2.75) is 13.0 Å². The summed E-state index contributed by atoms with van der Waals surface area (Å²) in [6.07, 6.45) is 1.72. The zero-order valence-corrected chi connectivity index (χ0v) is 10.3. The second-order valence-electron chi connectivity index (χ2n) is 3.44. The molecule has 2 aromatic heterocycles. The Hall–Kier alpha value is -0.940. The van der Waals surface area contributed by atoms with E-state index in [4.69, 9.17) is 17.4 Å². The van der Waals surface area contributed by atoms with Gasteiger partial charge in [0.2, 0.25) is 0 Å². The Balaban J connectivity index is 2.45. The third kappa shape index (κ3) is 2.10. The van der Waals surface area contributed by atoms with Crippen LogP contribution >= 0.6 is 22.9 Å².